The van der Waals surface area contributed by atoms with Crippen LogP contribution in [0, 0.1) is 21.4 Å². The second-order valence-electron chi connectivity index (χ2n) is 7.03. The average Bonchev–Trinajstić information content (AvgIpc) is 3.12. The summed E-state index contributed by atoms with van der Waals surface area (Å²) >= 11 is 0. The number of nitro benzene ring substituents is 1. The number of benzene rings is 2. The van der Waals surface area contributed by atoms with Gasteiger partial charge in [0.1, 0.15) is 11.6 Å². The van der Waals surface area contributed by atoms with Gasteiger partial charge in [0.15, 0.2) is 11.4 Å². The Kier molecular flexibility index (Phi) is 3.68. The molecule has 0 fully saturated rings. The number of Topliss-reactive ketones (excluding diaryl/α,β-unsaturated/α-hetero) is 1. The molecule has 0 saturated carbocycles. The summed E-state index contributed by atoms with van der Waals surface area (Å²) < 4.78 is 1.90. The zero-order valence-electron chi connectivity index (χ0n) is 15.3. The van der Waals surface area contributed by atoms with Crippen LogP contribution >= 0.6 is 0 Å². The highest BCUT2D eigenvalue weighted by Crippen LogP contribution is 2.39. The number of aromatic nitrogens is 2. The first-order valence-electron chi connectivity index (χ1n) is 9.24. The number of para-hydroxylation sites is 2. The molecule has 4 aromatic rings. The lowest BCUT2D eigenvalue weighted by atomic mass is 9.85. The molecule has 0 amide bonds. The number of hydrogen-bond donors (Lipinski definition) is 0. The van der Waals surface area contributed by atoms with Crippen molar-refractivity contribution in [2.75, 3.05) is 0 Å². The molecule has 29 heavy (non-hydrogen) atoms. The van der Waals surface area contributed by atoms with Gasteiger partial charge in [-0.1, -0.05) is 24.3 Å². The van der Waals surface area contributed by atoms with E-state index in [1.54, 1.807) is 12.1 Å². The van der Waals surface area contributed by atoms with E-state index in [0.29, 0.717) is 41.6 Å². The maximum absolute atomic E-state index is 13.0. The minimum atomic E-state index is -0.480. The molecule has 0 bridgehead atoms. The van der Waals surface area contributed by atoms with Crippen LogP contribution in [0.3, 0.4) is 0 Å². The summed E-state index contributed by atoms with van der Waals surface area (Å²) in [7, 11) is 0. The van der Waals surface area contributed by atoms with Crippen molar-refractivity contribution in [2.24, 2.45) is 0 Å². The predicted octanol–water partition coefficient (Wildman–Crippen LogP) is 4.45. The summed E-state index contributed by atoms with van der Waals surface area (Å²) in [5, 5.41) is 21.3. The lowest BCUT2D eigenvalue weighted by molar-refractivity contribution is -0.384. The molecule has 0 radical (unpaired) electrons. The fraction of sp³-hybridized carbons (Fsp3) is 0.136. The third-order valence-corrected chi connectivity index (χ3v) is 5.40. The van der Waals surface area contributed by atoms with Gasteiger partial charge in [0, 0.05) is 35.4 Å². The minimum absolute atomic E-state index is 0.0519. The maximum Gasteiger partial charge on any atom is 0.270 e. The number of ketones is 1. The molecule has 2 aromatic heterocycles. The Hall–Kier alpha value is -4.05. The van der Waals surface area contributed by atoms with Crippen molar-refractivity contribution in [3.8, 4) is 17.2 Å². The van der Waals surface area contributed by atoms with Crippen molar-refractivity contribution < 1.29 is 9.72 Å². The van der Waals surface area contributed by atoms with Gasteiger partial charge in [-0.15, -0.1) is 0 Å². The second kappa shape index (κ2) is 6.24. The van der Waals surface area contributed by atoms with Gasteiger partial charge in [-0.2, -0.15) is 5.26 Å². The molecular weight excluding hydrogens is 368 g/mol. The van der Waals surface area contributed by atoms with Gasteiger partial charge in [-0.05, 0) is 30.5 Å². The largest absolute Gasteiger partial charge is 0.295 e. The Bertz CT molecular complexity index is 1390. The number of nitriles is 1. The van der Waals surface area contributed by atoms with E-state index in [4.69, 9.17) is 0 Å². The van der Waals surface area contributed by atoms with Crippen LogP contribution in [0.25, 0.3) is 27.8 Å². The molecule has 0 aliphatic heterocycles. The molecular formula is C22H14N4O3. The molecule has 7 nitrogen and oxygen atoms in total. The molecule has 140 valence electrons. The summed E-state index contributed by atoms with van der Waals surface area (Å²) in [5.41, 5.74) is 4.44. The van der Waals surface area contributed by atoms with E-state index in [2.05, 4.69) is 11.1 Å². The number of carbonyl (C=O) groups is 1. The third kappa shape index (κ3) is 2.43. The molecule has 0 N–H and O–H groups in total. The van der Waals surface area contributed by atoms with Crippen molar-refractivity contribution in [2.45, 2.75) is 19.3 Å². The van der Waals surface area contributed by atoms with Crippen molar-refractivity contribution in [1.29, 1.82) is 5.26 Å². The summed E-state index contributed by atoms with van der Waals surface area (Å²) in [6.45, 7) is 0. The minimum Gasteiger partial charge on any atom is -0.295 e. The van der Waals surface area contributed by atoms with E-state index < -0.39 is 4.92 Å². The van der Waals surface area contributed by atoms with Gasteiger partial charge in [-0.3, -0.25) is 19.3 Å². The fourth-order valence-electron chi connectivity index (χ4n) is 4.21. The molecule has 5 rings (SSSR count). The normalized spacial score (nSPS) is 13.4. The standard InChI is InChI=1S/C22H14N4O3/c23-12-15-20(13-5-3-6-14(11-13)26(28)29)21-18(9-4-10-19(21)27)25-17-8-2-1-7-16(17)24-22(15)25/h1-3,5-8,11H,4,9-10H2. The van der Waals surface area contributed by atoms with Crippen LogP contribution in [-0.4, -0.2) is 20.1 Å². The highest BCUT2D eigenvalue weighted by Gasteiger charge is 2.30. The van der Waals surface area contributed by atoms with E-state index in [9.17, 15) is 20.2 Å². The summed E-state index contributed by atoms with van der Waals surface area (Å²) in [4.78, 5) is 28.4. The Morgan fingerprint density at radius 3 is 2.72 bits per heavy atom. The van der Waals surface area contributed by atoms with Gasteiger partial charge in [0.25, 0.3) is 5.69 Å². The monoisotopic (exact) mass is 382 g/mol. The number of rotatable bonds is 2. The lowest BCUT2D eigenvalue weighted by Gasteiger charge is -2.22. The number of hydrogen-bond acceptors (Lipinski definition) is 5. The van der Waals surface area contributed by atoms with Crippen LogP contribution in [0.2, 0.25) is 0 Å². The third-order valence-electron chi connectivity index (χ3n) is 5.40. The van der Waals surface area contributed by atoms with Crippen LogP contribution in [0.4, 0.5) is 5.69 Å². The van der Waals surface area contributed by atoms with E-state index in [-0.39, 0.29) is 17.0 Å². The number of aryl methyl sites for hydroxylation is 1. The molecule has 1 aliphatic carbocycles. The van der Waals surface area contributed by atoms with E-state index in [0.717, 1.165) is 16.7 Å². The quantitative estimate of drug-likeness (QED) is 0.376. The summed E-state index contributed by atoms with van der Waals surface area (Å²) in [6.07, 6.45) is 1.78. The number of carbonyl (C=O) groups excluding carboxylic acids is 1. The predicted molar refractivity (Wildman–Crippen MR) is 107 cm³/mol. The number of nitrogens with zero attached hydrogens (tertiary/aromatic N) is 4. The molecule has 0 saturated heterocycles. The van der Waals surface area contributed by atoms with Crippen LogP contribution in [0.1, 0.15) is 34.5 Å². The Labute approximate surface area is 165 Å². The Balaban J connectivity index is 1.99. The molecule has 7 heteroatoms. The van der Waals surface area contributed by atoms with Crippen molar-refractivity contribution in [3.05, 3.63) is 75.5 Å². The van der Waals surface area contributed by atoms with Gasteiger partial charge in [0.2, 0.25) is 0 Å². The second-order valence-corrected chi connectivity index (χ2v) is 7.03. The Morgan fingerprint density at radius 2 is 1.93 bits per heavy atom. The molecule has 1 aliphatic rings. The highest BCUT2D eigenvalue weighted by atomic mass is 16.6. The first kappa shape index (κ1) is 17.1. The van der Waals surface area contributed by atoms with Gasteiger partial charge in [0.05, 0.1) is 16.0 Å². The van der Waals surface area contributed by atoms with Crippen LogP contribution < -0.4 is 0 Å². The number of non-ortho nitro benzene ring substituents is 1. The van der Waals surface area contributed by atoms with Crippen molar-refractivity contribution in [1.82, 2.24) is 9.38 Å². The van der Waals surface area contributed by atoms with Crippen LogP contribution in [0.15, 0.2) is 48.5 Å². The van der Waals surface area contributed by atoms with Crippen molar-refractivity contribution >= 4 is 28.2 Å². The van der Waals surface area contributed by atoms with Gasteiger partial charge in [-0.25, -0.2) is 4.98 Å². The molecule has 2 aromatic carbocycles. The first-order chi connectivity index (χ1) is 14.1. The fourth-order valence-corrected chi connectivity index (χ4v) is 4.21. The SMILES string of the molecule is N#Cc1c(-c2cccc([N+](=O)[O-])c2)c2c(n3c1nc1ccccc13)CCCC2=O. The van der Waals surface area contributed by atoms with Gasteiger partial charge < -0.3 is 0 Å². The molecule has 0 unspecified atom stereocenters. The summed E-state index contributed by atoms with van der Waals surface area (Å²) in [5.74, 6) is -0.0519. The van der Waals surface area contributed by atoms with E-state index >= 15 is 0 Å². The number of pyridine rings is 1. The van der Waals surface area contributed by atoms with E-state index in [1.807, 2.05) is 28.7 Å². The van der Waals surface area contributed by atoms with Crippen molar-refractivity contribution in [3.63, 3.8) is 0 Å². The average molecular weight is 382 g/mol. The van der Waals surface area contributed by atoms with E-state index in [1.165, 1.54) is 12.1 Å². The van der Waals surface area contributed by atoms with Crippen LogP contribution in [-0.2, 0) is 6.42 Å². The number of nitro groups is 1. The smallest absolute Gasteiger partial charge is 0.270 e. The molecule has 2 heterocycles. The zero-order valence-corrected chi connectivity index (χ0v) is 15.3. The molecule has 0 atom stereocenters. The van der Waals surface area contributed by atoms with Gasteiger partial charge >= 0.3 is 0 Å². The highest BCUT2D eigenvalue weighted by molar-refractivity contribution is 6.07. The molecule has 0 spiro atoms. The first-order valence-corrected chi connectivity index (χ1v) is 9.24. The zero-order chi connectivity index (χ0) is 20.1. The van der Waals surface area contributed by atoms with Crippen LogP contribution in [0.5, 0.6) is 0 Å². The Morgan fingerprint density at radius 1 is 1.10 bits per heavy atom. The summed E-state index contributed by atoms with van der Waals surface area (Å²) in [6, 6.07) is 15.8. The lowest BCUT2D eigenvalue weighted by Crippen LogP contribution is -2.18. The number of fused-ring (bicyclic) bond motifs is 5. The topological polar surface area (TPSA) is 101 Å². The number of imidazole rings is 1. The maximum atomic E-state index is 13.0.